The topological polar surface area (TPSA) is 30.3 Å². The van der Waals surface area contributed by atoms with Crippen molar-refractivity contribution in [2.75, 3.05) is 9.80 Å². The minimum Gasteiger partial charge on any atom is -0.310 e. The molecule has 0 N–H and O–H groups in total. The highest BCUT2D eigenvalue weighted by atomic mass is 15.1. The molecule has 0 bridgehead atoms. The Morgan fingerprint density at radius 3 is 1.96 bits per heavy atom. The van der Waals surface area contributed by atoms with Crippen molar-refractivity contribution in [3.8, 4) is 17.2 Å². The minimum atomic E-state index is -0.642. The Labute approximate surface area is 394 Å². The zero-order valence-corrected chi connectivity index (χ0v) is 38.2. The number of fused-ring (bicyclic) bond motifs is 10. The summed E-state index contributed by atoms with van der Waals surface area (Å²) >= 11 is 0. The summed E-state index contributed by atoms with van der Waals surface area (Å²) in [5.74, 6) is 0. The maximum atomic E-state index is 9.97. The zero-order chi connectivity index (χ0) is 45.5. The maximum absolute atomic E-state index is 9.97. The van der Waals surface area contributed by atoms with E-state index in [0.717, 1.165) is 58.8 Å². The molecule has 0 saturated carbocycles. The van der Waals surface area contributed by atoms with Crippen molar-refractivity contribution < 1.29 is 0 Å². The highest BCUT2D eigenvalue weighted by molar-refractivity contribution is 6.14. The fraction of sp³-hybridized carbons (Fsp3) is 0.109. The van der Waals surface area contributed by atoms with Crippen molar-refractivity contribution in [2.45, 2.75) is 45.4 Å². The predicted molar refractivity (Wildman–Crippen MR) is 282 cm³/mol. The molecule has 3 heteroatoms. The lowest BCUT2D eigenvalue weighted by Crippen LogP contribution is -2.27. The average molecular weight is 862 g/mol. The van der Waals surface area contributed by atoms with Gasteiger partial charge in [-0.2, -0.15) is 5.26 Å². The molecule has 0 saturated heterocycles. The molecule has 0 fully saturated rings. The van der Waals surface area contributed by atoms with Crippen LogP contribution in [0, 0.1) is 18.3 Å². The monoisotopic (exact) mass is 861 g/mol. The van der Waals surface area contributed by atoms with Gasteiger partial charge in [0.1, 0.15) is 0 Å². The number of allylic oxidation sites excluding steroid dienone is 6. The molecule has 0 aliphatic heterocycles. The van der Waals surface area contributed by atoms with Crippen LogP contribution >= 0.6 is 0 Å². The number of anilines is 6. The van der Waals surface area contributed by atoms with Crippen LogP contribution in [0.1, 0.15) is 66.5 Å². The Morgan fingerprint density at radius 1 is 0.537 bits per heavy atom. The molecule has 322 valence electrons. The molecule has 9 aromatic carbocycles. The third-order valence-electron chi connectivity index (χ3n) is 13.7. The van der Waals surface area contributed by atoms with Crippen molar-refractivity contribution in [3.05, 3.63) is 257 Å². The zero-order valence-electron chi connectivity index (χ0n) is 38.2. The molecule has 2 aliphatic rings. The summed E-state index contributed by atoms with van der Waals surface area (Å²) in [5, 5.41) is 14.7. The lowest BCUT2D eigenvalue weighted by Gasteiger charge is -2.34. The van der Waals surface area contributed by atoms with Crippen LogP contribution in [0.2, 0.25) is 0 Å². The van der Waals surface area contributed by atoms with E-state index in [1.54, 1.807) is 0 Å². The number of nitrogens with zero attached hydrogens (tertiary/aromatic N) is 3. The first-order valence-electron chi connectivity index (χ1n) is 23.6. The standard InChI is InChI=1S/C64H51N3/c1-4-6-7-14-33-58-53(21-5-2)54-30-17-18-34-59(54)64(58)60-41-47-39-52(66(48-24-10-8-11-25-48)51-29-20-23-45(38-51)43-65)36-35-46(47)40-57(60)63-56-32-16-15-31-55(56)62(42-61(63)64)67(49-26-12-9-13-27-49)50-28-19-22-44(3)37-50/h5,8-42H,4,6-7H2,1-3H3/b21-5?,33-14-. The Bertz CT molecular complexity index is 3500. The molecule has 2 aliphatic carbocycles. The number of aryl methyl sites for hydroxylation is 1. The van der Waals surface area contributed by atoms with Crippen LogP contribution in [0.4, 0.5) is 34.1 Å². The molecule has 0 aromatic heterocycles. The highest BCUT2D eigenvalue weighted by Gasteiger charge is 2.53. The first-order chi connectivity index (χ1) is 33.0. The maximum Gasteiger partial charge on any atom is 0.0992 e. The van der Waals surface area contributed by atoms with E-state index in [1.807, 2.05) is 24.3 Å². The Hall–Kier alpha value is -8.19. The summed E-state index contributed by atoms with van der Waals surface area (Å²) in [6.07, 6.45) is 12.7. The van der Waals surface area contributed by atoms with E-state index >= 15 is 0 Å². The summed E-state index contributed by atoms with van der Waals surface area (Å²) in [6.45, 7) is 6.59. The van der Waals surface area contributed by atoms with E-state index < -0.39 is 5.41 Å². The van der Waals surface area contributed by atoms with Crippen molar-refractivity contribution in [1.29, 1.82) is 5.26 Å². The van der Waals surface area contributed by atoms with E-state index in [1.165, 1.54) is 66.2 Å². The average Bonchev–Trinajstić information content (AvgIpc) is 3.81. The van der Waals surface area contributed by atoms with Gasteiger partial charge in [0.2, 0.25) is 0 Å². The van der Waals surface area contributed by atoms with E-state index in [4.69, 9.17) is 0 Å². The molecule has 3 nitrogen and oxygen atoms in total. The van der Waals surface area contributed by atoms with Crippen LogP contribution in [0.3, 0.4) is 0 Å². The number of rotatable bonds is 11. The van der Waals surface area contributed by atoms with Gasteiger partial charge in [-0.25, -0.2) is 0 Å². The smallest absolute Gasteiger partial charge is 0.0992 e. The van der Waals surface area contributed by atoms with E-state index in [2.05, 4.69) is 231 Å². The van der Waals surface area contributed by atoms with E-state index in [9.17, 15) is 5.26 Å². The molecule has 1 unspecified atom stereocenters. The predicted octanol–water partition coefficient (Wildman–Crippen LogP) is 17.5. The Morgan fingerprint density at radius 2 is 1.21 bits per heavy atom. The number of nitriles is 1. The van der Waals surface area contributed by atoms with Gasteiger partial charge in [0.05, 0.1) is 22.7 Å². The van der Waals surface area contributed by atoms with Crippen LogP contribution < -0.4 is 9.80 Å². The Balaban J connectivity index is 1.25. The molecule has 9 aromatic rings. The second kappa shape index (κ2) is 17.3. The number of benzene rings is 9. The van der Waals surface area contributed by atoms with Crippen LogP contribution in [0.15, 0.2) is 224 Å². The lowest BCUT2D eigenvalue weighted by molar-refractivity contribution is 0.781. The van der Waals surface area contributed by atoms with Crippen LogP contribution in [0.5, 0.6) is 0 Å². The summed E-state index contributed by atoms with van der Waals surface area (Å²) < 4.78 is 0. The normalized spacial score (nSPS) is 14.8. The van der Waals surface area contributed by atoms with E-state index in [-0.39, 0.29) is 0 Å². The first kappa shape index (κ1) is 41.5. The van der Waals surface area contributed by atoms with Gasteiger partial charge >= 0.3 is 0 Å². The fourth-order valence-electron chi connectivity index (χ4n) is 10.9. The molecule has 1 atom stereocenters. The lowest BCUT2D eigenvalue weighted by atomic mass is 9.69. The van der Waals surface area contributed by atoms with Gasteiger partial charge in [0.15, 0.2) is 0 Å². The third-order valence-corrected chi connectivity index (χ3v) is 13.7. The van der Waals surface area contributed by atoms with Crippen molar-refractivity contribution >= 4 is 61.2 Å². The second-order valence-corrected chi connectivity index (χ2v) is 17.8. The molecule has 0 amide bonds. The van der Waals surface area contributed by atoms with Crippen molar-refractivity contribution in [1.82, 2.24) is 0 Å². The number of para-hydroxylation sites is 2. The first-order valence-corrected chi connectivity index (χ1v) is 23.6. The summed E-state index contributed by atoms with van der Waals surface area (Å²) in [5.41, 5.74) is 17.8. The number of hydrogen-bond acceptors (Lipinski definition) is 3. The molecular weight excluding hydrogens is 811 g/mol. The second-order valence-electron chi connectivity index (χ2n) is 17.8. The molecular formula is C64H51N3. The third kappa shape index (κ3) is 6.88. The van der Waals surface area contributed by atoms with Gasteiger partial charge in [0, 0.05) is 33.8 Å². The minimum absolute atomic E-state index is 0.625. The quantitative estimate of drug-likeness (QED) is 0.121. The van der Waals surface area contributed by atoms with Gasteiger partial charge in [-0.3, -0.25) is 0 Å². The number of unbranched alkanes of at least 4 members (excludes halogenated alkanes) is 2. The Kier molecular flexibility index (Phi) is 10.7. The van der Waals surface area contributed by atoms with Crippen LogP contribution in [-0.2, 0) is 5.41 Å². The van der Waals surface area contributed by atoms with E-state index in [0.29, 0.717) is 5.56 Å². The van der Waals surface area contributed by atoms with Gasteiger partial charge < -0.3 is 9.80 Å². The summed E-state index contributed by atoms with van der Waals surface area (Å²) in [4.78, 5) is 4.72. The number of hydrogen-bond donors (Lipinski definition) is 0. The highest BCUT2D eigenvalue weighted by Crippen LogP contribution is 2.65. The summed E-state index contributed by atoms with van der Waals surface area (Å²) in [7, 11) is 0. The van der Waals surface area contributed by atoms with Crippen LogP contribution in [-0.4, -0.2) is 0 Å². The molecule has 1 spiro atoms. The largest absolute Gasteiger partial charge is 0.310 e. The summed E-state index contributed by atoms with van der Waals surface area (Å²) in [6, 6.07) is 73.0. The molecule has 0 radical (unpaired) electrons. The van der Waals surface area contributed by atoms with Gasteiger partial charge in [0.25, 0.3) is 0 Å². The van der Waals surface area contributed by atoms with Gasteiger partial charge in [-0.1, -0.05) is 153 Å². The van der Waals surface area contributed by atoms with Gasteiger partial charge in [-0.15, -0.1) is 0 Å². The van der Waals surface area contributed by atoms with Crippen molar-refractivity contribution in [3.63, 3.8) is 0 Å². The van der Waals surface area contributed by atoms with Crippen molar-refractivity contribution in [2.24, 2.45) is 0 Å². The molecule has 67 heavy (non-hydrogen) atoms. The van der Waals surface area contributed by atoms with Crippen LogP contribution in [0.25, 0.3) is 38.2 Å². The molecule has 11 rings (SSSR count). The SMILES string of the molecule is CC=CC1=C(/C=C\CCCC)C2(c3ccccc31)c1cc3cc(N(c4ccccc4)c4cccc(C#N)c4)ccc3cc1-c1c2cc(N(c2ccccc2)c2cccc(C)c2)c2ccccc12. The molecule has 0 heterocycles. The van der Waals surface area contributed by atoms with Gasteiger partial charge in [-0.05, 0) is 171 Å². The fourth-order valence-corrected chi connectivity index (χ4v) is 10.9.